The van der Waals surface area contributed by atoms with Gasteiger partial charge < -0.3 is 25.0 Å². The van der Waals surface area contributed by atoms with Crippen molar-refractivity contribution >= 4 is 23.3 Å². The van der Waals surface area contributed by atoms with Gasteiger partial charge in [-0.1, -0.05) is 0 Å². The second-order valence-corrected chi connectivity index (χ2v) is 5.63. The molecule has 0 spiro atoms. The monoisotopic (exact) mass is 335 g/mol. The Morgan fingerprint density at radius 2 is 1.71 bits per heavy atom. The van der Waals surface area contributed by atoms with Crippen LogP contribution < -0.4 is 10.6 Å². The summed E-state index contributed by atoms with van der Waals surface area (Å²) in [6.45, 7) is 4.10. The Morgan fingerprint density at radius 1 is 1.12 bits per heavy atom. The fourth-order valence-corrected chi connectivity index (χ4v) is 2.63. The number of benzene rings is 1. The Hall–Kier alpha value is -2.12. The van der Waals surface area contributed by atoms with E-state index >= 15 is 0 Å². The first-order valence-corrected chi connectivity index (χ1v) is 8.18. The molecule has 0 saturated carbocycles. The molecule has 24 heavy (non-hydrogen) atoms. The summed E-state index contributed by atoms with van der Waals surface area (Å²) in [7, 11) is 1.47. The normalized spacial score (nSPS) is 15.2. The minimum Gasteiger partial charge on any atom is -0.378 e. The van der Waals surface area contributed by atoms with Gasteiger partial charge in [0.2, 0.25) is 5.91 Å². The number of amides is 3. The van der Waals surface area contributed by atoms with E-state index in [1.807, 2.05) is 6.92 Å². The molecule has 3 amide bonds. The predicted molar refractivity (Wildman–Crippen MR) is 92.2 cm³/mol. The molecule has 1 aromatic rings. The lowest BCUT2D eigenvalue weighted by atomic mass is 10.1. The molecule has 1 aliphatic rings. The van der Waals surface area contributed by atoms with E-state index in [9.17, 15) is 9.59 Å². The summed E-state index contributed by atoms with van der Waals surface area (Å²) in [5.41, 5.74) is 1.35. The standard InChI is InChI=1S/C17H25N3O4/c1-3-24-15-8-10-20(11-9-15)17(22)19-14-6-4-13(5-7-14)18-16(21)12-23-2/h4-7,15H,3,8-12H2,1-2H3,(H,18,21)(H,19,22). The molecule has 7 nitrogen and oxygen atoms in total. The number of methoxy groups -OCH3 is 1. The molecular weight excluding hydrogens is 310 g/mol. The third-order valence-corrected chi connectivity index (χ3v) is 3.83. The number of nitrogens with one attached hydrogen (secondary N) is 2. The molecule has 0 atom stereocenters. The number of anilines is 2. The van der Waals surface area contributed by atoms with Crippen LogP contribution in [-0.4, -0.2) is 56.4 Å². The predicted octanol–water partition coefficient (Wildman–Crippen LogP) is 2.30. The Kier molecular flexibility index (Phi) is 7.02. The summed E-state index contributed by atoms with van der Waals surface area (Å²) < 4.78 is 10.3. The Morgan fingerprint density at radius 3 is 2.25 bits per heavy atom. The van der Waals surface area contributed by atoms with E-state index in [4.69, 9.17) is 9.47 Å². The van der Waals surface area contributed by atoms with Crippen LogP contribution >= 0.6 is 0 Å². The maximum atomic E-state index is 12.3. The van der Waals surface area contributed by atoms with Crippen LogP contribution in [0.25, 0.3) is 0 Å². The lowest BCUT2D eigenvalue weighted by Gasteiger charge is -2.31. The molecule has 1 aliphatic heterocycles. The molecular formula is C17H25N3O4. The van der Waals surface area contributed by atoms with Crippen LogP contribution in [0.4, 0.5) is 16.2 Å². The highest BCUT2D eigenvalue weighted by Gasteiger charge is 2.22. The molecule has 2 rings (SSSR count). The number of urea groups is 1. The van der Waals surface area contributed by atoms with Crippen molar-refractivity contribution in [3.05, 3.63) is 24.3 Å². The smallest absolute Gasteiger partial charge is 0.321 e. The molecule has 0 unspecified atom stereocenters. The van der Waals surface area contributed by atoms with Crippen LogP contribution in [0.3, 0.4) is 0 Å². The van der Waals surface area contributed by atoms with Gasteiger partial charge in [0.15, 0.2) is 0 Å². The zero-order valence-electron chi connectivity index (χ0n) is 14.2. The van der Waals surface area contributed by atoms with Gasteiger partial charge in [0, 0.05) is 38.2 Å². The van der Waals surface area contributed by atoms with E-state index in [0.29, 0.717) is 31.1 Å². The van der Waals surface area contributed by atoms with E-state index in [-0.39, 0.29) is 24.6 Å². The van der Waals surface area contributed by atoms with Gasteiger partial charge in [0.25, 0.3) is 0 Å². The number of carbonyl (C=O) groups is 2. The Balaban J connectivity index is 1.81. The number of rotatable bonds is 6. The van der Waals surface area contributed by atoms with E-state index in [2.05, 4.69) is 10.6 Å². The maximum absolute atomic E-state index is 12.3. The minimum absolute atomic E-state index is 0.0101. The van der Waals surface area contributed by atoms with Gasteiger partial charge in [-0.3, -0.25) is 4.79 Å². The number of hydrogen-bond donors (Lipinski definition) is 2. The SMILES string of the molecule is CCOC1CCN(C(=O)Nc2ccc(NC(=O)COC)cc2)CC1. The van der Waals surface area contributed by atoms with Gasteiger partial charge >= 0.3 is 6.03 Å². The first-order chi connectivity index (χ1) is 11.6. The molecule has 1 fully saturated rings. The van der Waals surface area contributed by atoms with Crippen molar-refractivity contribution in [1.82, 2.24) is 4.90 Å². The van der Waals surface area contributed by atoms with Crippen molar-refractivity contribution in [3.8, 4) is 0 Å². The minimum atomic E-state index is -0.216. The van der Waals surface area contributed by atoms with Gasteiger partial charge in [-0.15, -0.1) is 0 Å². The average molecular weight is 335 g/mol. The van der Waals surface area contributed by atoms with Crippen LogP contribution in [0.5, 0.6) is 0 Å². The molecule has 132 valence electrons. The first-order valence-electron chi connectivity index (χ1n) is 8.18. The second kappa shape index (κ2) is 9.24. The van der Waals surface area contributed by atoms with Crippen LogP contribution in [-0.2, 0) is 14.3 Å². The zero-order valence-corrected chi connectivity index (χ0v) is 14.2. The lowest BCUT2D eigenvalue weighted by Crippen LogP contribution is -2.43. The number of nitrogens with zero attached hydrogens (tertiary/aromatic N) is 1. The molecule has 1 heterocycles. The van der Waals surface area contributed by atoms with Crippen molar-refractivity contribution < 1.29 is 19.1 Å². The van der Waals surface area contributed by atoms with Crippen molar-refractivity contribution in [2.45, 2.75) is 25.9 Å². The number of ether oxygens (including phenoxy) is 2. The second-order valence-electron chi connectivity index (χ2n) is 5.63. The topological polar surface area (TPSA) is 79.9 Å². The van der Waals surface area contributed by atoms with Gasteiger partial charge in [0.05, 0.1) is 6.10 Å². The summed E-state index contributed by atoms with van der Waals surface area (Å²) in [5, 5.41) is 5.58. The highest BCUT2D eigenvalue weighted by Crippen LogP contribution is 2.17. The van der Waals surface area contributed by atoms with Crippen molar-refractivity contribution in [1.29, 1.82) is 0 Å². The highest BCUT2D eigenvalue weighted by molar-refractivity contribution is 5.93. The Labute approximate surface area is 142 Å². The summed E-state index contributed by atoms with van der Waals surface area (Å²) in [4.78, 5) is 25.5. The van der Waals surface area contributed by atoms with Crippen LogP contribution in [0, 0.1) is 0 Å². The Bertz CT molecular complexity index is 539. The molecule has 0 bridgehead atoms. The van der Waals surface area contributed by atoms with E-state index < -0.39 is 0 Å². The van der Waals surface area contributed by atoms with Crippen molar-refractivity contribution in [3.63, 3.8) is 0 Å². The van der Waals surface area contributed by atoms with Gasteiger partial charge in [-0.2, -0.15) is 0 Å². The highest BCUT2D eigenvalue weighted by atomic mass is 16.5. The zero-order chi connectivity index (χ0) is 17.4. The van der Waals surface area contributed by atoms with Gasteiger partial charge in [-0.05, 0) is 44.0 Å². The lowest BCUT2D eigenvalue weighted by molar-refractivity contribution is -0.119. The molecule has 2 N–H and O–H groups in total. The van der Waals surface area contributed by atoms with Crippen molar-refractivity contribution in [2.24, 2.45) is 0 Å². The average Bonchev–Trinajstić information content (AvgIpc) is 2.58. The van der Waals surface area contributed by atoms with Gasteiger partial charge in [-0.25, -0.2) is 4.79 Å². The molecule has 0 aromatic heterocycles. The number of hydrogen-bond acceptors (Lipinski definition) is 4. The summed E-state index contributed by atoms with van der Waals surface area (Å²) in [6.07, 6.45) is 1.99. The summed E-state index contributed by atoms with van der Waals surface area (Å²) in [5.74, 6) is -0.216. The van der Waals surface area contributed by atoms with Crippen LogP contribution in [0.2, 0.25) is 0 Å². The quantitative estimate of drug-likeness (QED) is 0.836. The fourth-order valence-electron chi connectivity index (χ4n) is 2.63. The maximum Gasteiger partial charge on any atom is 0.321 e. The summed E-state index contributed by atoms with van der Waals surface area (Å²) >= 11 is 0. The molecule has 1 aromatic carbocycles. The fraction of sp³-hybridized carbons (Fsp3) is 0.529. The van der Waals surface area contributed by atoms with Gasteiger partial charge in [0.1, 0.15) is 6.61 Å². The number of likely N-dealkylation sites (tertiary alicyclic amines) is 1. The van der Waals surface area contributed by atoms with Crippen LogP contribution in [0.15, 0.2) is 24.3 Å². The van der Waals surface area contributed by atoms with Crippen molar-refractivity contribution in [2.75, 3.05) is 44.0 Å². The molecule has 7 heteroatoms. The number of carbonyl (C=O) groups excluding carboxylic acids is 2. The van der Waals surface area contributed by atoms with E-state index in [0.717, 1.165) is 12.8 Å². The summed E-state index contributed by atoms with van der Waals surface area (Å²) in [6, 6.07) is 6.89. The third-order valence-electron chi connectivity index (χ3n) is 3.83. The first kappa shape index (κ1) is 18.2. The molecule has 0 aliphatic carbocycles. The third kappa shape index (κ3) is 5.50. The van der Waals surface area contributed by atoms with Crippen LogP contribution in [0.1, 0.15) is 19.8 Å². The number of piperidine rings is 1. The van der Waals surface area contributed by atoms with E-state index in [1.54, 1.807) is 29.2 Å². The van der Waals surface area contributed by atoms with E-state index in [1.165, 1.54) is 7.11 Å². The largest absolute Gasteiger partial charge is 0.378 e. The molecule has 0 radical (unpaired) electrons. The molecule has 1 saturated heterocycles.